The Kier molecular flexibility index (Phi) is 6.70. The Morgan fingerprint density at radius 2 is 1.92 bits per heavy atom. The van der Waals surface area contributed by atoms with Crippen LogP contribution in [0.2, 0.25) is 0 Å². The number of benzene rings is 2. The number of unbranched alkanes of at least 4 members (excludes halogenated alkanes) is 1. The molecule has 1 heterocycles. The van der Waals surface area contributed by atoms with Crippen molar-refractivity contribution < 1.29 is 26.2 Å². The number of fused-ring (bicyclic) bond motifs is 1. The van der Waals surface area contributed by atoms with Gasteiger partial charge in [-0.25, -0.2) is 0 Å². The Morgan fingerprint density at radius 3 is 2.67 bits per heavy atom. The van der Waals surface area contributed by atoms with Crippen molar-refractivity contribution in [1.82, 2.24) is 0 Å². The first kappa shape index (κ1) is 19.3. The van der Waals surface area contributed by atoms with E-state index in [0.29, 0.717) is 6.23 Å². The summed E-state index contributed by atoms with van der Waals surface area (Å²) in [6.07, 6.45) is 5.34. The maximum Gasteiger partial charge on any atom is 0.233 e. The molecule has 2 unspecified atom stereocenters. The van der Waals surface area contributed by atoms with E-state index in [0.717, 1.165) is 10.2 Å². The summed E-state index contributed by atoms with van der Waals surface area (Å²) in [6.45, 7) is 10.5. The number of halogens is 1. The van der Waals surface area contributed by atoms with E-state index in [2.05, 4.69) is 57.2 Å². The lowest BCUT2D eigenvalue weighted by Gasteiger charge is -2.39. The second kappa shape index (κ2) is 8.35. The molecule has 1 aliphatic rings. The zero-order valence-corrected chi connectivity index (χ0v) is 16.8. The van der Waals surface area contributed by atoms with Crippen LogP contribution >= 0.6 is 0 Å². The summed E-state index contributed by atoms with van der Waals surface area (Å²) in [6, 6.07) is 13.0. The molecule has 2 atom stereocenters. The molecule has 0 amide bonds. The van der Waals surface area contributed by atoms with Crippen molar-refractivity contribution in [2.45, 2.75) is 52.7 Å². The predicted molar refractivity (Wildman–Crippen MR) is 97.8 cm³/mol. The molecule has 0 saturated carbocycles. The molecule has 1 aliphatic heterocycles. The second-order valence-electron chi connectivity index (χ2n) is 6.98. The Labute approximate surface area is 157 Å². The molecule has 1 fully saturated rings. The van der Waals surface area contributed by atoms with Gasteiger partial charge in [-0.3, -0.25) is 4.48 Å². The standard InChI is InChI=1S/C21H30NO.BrH/c1-4-6-15-22(5-2)16-9-12-20(22)23-21-17(3)13-14-18-10-7-8-11-19(18)21;/h7-8,10-11,13-14,20H,4-6,9,12,15-16H2,1-3H3;1H/q+1;/p-1. The zero-order chi connectivity index (χ0) is 16.3. The highest BCUT2D eigenvalue weighted by Crippen LogP contribution is 2.35. The largest absolute Gasteiger partial charge is 1.00 e. The summed E-state index contributed by atoms with van der Waals surface area (Å²) in [5.41, 5.74) is 1.25. The smallest absolute Gasteiger partial charge is 0.233 e. The molecule has 0 N–H and O–H groups in total. The lowest BCUT2D eigenvalue weighted by molar-refractivity contribution is -0.954. The molecule has 0 aromatic heterocycles. The first-order chi connectivity index (χ1) is 11.2. The third kappa shape index (κ3) is 3.62. The molecular weight excluding hydrogens is 362 g/mol. The number of likely N-dealkylation sites (tertiary alicyclic amines) is 1. The van der Waals surface area contributed by atoms with Crippen molar-refractivity contribution in [3.63, 3.8) is 0 Å². The first-order valence-corrected chi connectivity index (χ1v) is 9.21. The summed E-state index contributed by atoms with van der Waals surface area (Å²) in [7, 11) is 0. The molecule has 1 saturated heterocycles. The van der Waals surface area contributed by atoms with E-state index in [4.69, 9.17) is 4.74 Å². The molecule has 3 heteroatoms. The Hall–Kier alpha value is -1.06. The molecule has 0 radical (unpaired) electrons. The SMILES string of the molecule is CCCC[N+]1(CC)CCCC1Oc1c(C)ccc2ccccc12.[Br-]. The third-order valence-electron chi connectivity index (χ3n) is 5.58. The van der Waals surface area contributed by atoms with Crippen LogP contribution in [0.25, 0.3) is 10.8 Å². The average molecular weight is 392 g/mol. The molecule has 24 heavy (non-hydrogen) atoms. The van der Waals surface area contributed by atoms with Crippen molar-refractivity contribution in [2.75, 3.05) is 19.6 Å². The number of ether oxygens (including phenoxy) is 1. The molecule has 0 bridgehead atoms. The lowest BCUT2D eigenvalue weighted by Crippen LogP contribution is -3.00. The summed E-state index contributed by atoms with van der Waals surface area (Å²) < 4.78 is 7.83. The number of aryl methyl sites for hydroxylation is 1. The molecule has 0 spiro atoms. The minimum absolute atomic E-state index is 0. The number of hydrogen-bond donors (Lipinski definition) is 0. The molecule has 2 aromatic carbocycles. The van der Waals surface area contributed by atoms with Crippen LogP contribution in [0.4, 0.5) is 0 Å². The highest BCUT2D eigenvalue weighted by molar-refractivity contribution is 5.89. The van der Waals surface area contributed by atoms with Gasteiger partial charge in [0.05, 0.1) is 19.6 Å². The van der Waals surface area contributed by atoms with Crippen LogP contribution in [0.5, 0.6) is 5.75 Å². The normalized spacial score (nSPS) is 23.2. The van der Waals surface area contributed by atoms with E-state index in [1.807, 2.05) is 0 Å². The van der Waals surface area contributed by atoms with Crippen LogP contribution in [0.3, 0.4) is 0 Å². The second-order valence-corrected chi connectivity index (χ2v) is 6.98. The van der Waals surface area contributed by atoms with Gasteiger partial charge in [0, 0.05) is 18.2 Å². The van der Waals surface area contributed by atoms with Gasteiger partial charge >= 0.3 is 0 Å². The summed E-state index contributed by atoms with van der Waals surface area (Å²) in [5.74, 6) is 1.10. The highest BCUT2D eigenvalue weighted by Gasteiger charge is 2.41. The Balaban J connectivity index is 0.00000208. The molecular formula is C21H30BrNO. The minimum Gasteiger partial charge on any atom is -1.00 e. The van der Waals surface area contributed by atoms with Crippen LogP contribution in [-0.4, -0.2) is 30.3 Å². The van der Waals surface area contributed by atoms with Crippen molar-refractivity contribution in [2.24, 2.45) is 0 Å². The van der Waals surface area contributed by atoms with E-state index in [-0.39, 0.29) is 17.0 Å². The fourth-order valence-electron chi connectivity index (χ4n) is 4.06. The summed E-state index contributed by atoms with van der Waals surface area (Å²) in [4.78, 5) is 0. The monoisotopic (exact) mass is 391 g/mol. The summed E-state index contributed by atoms with van der Waals surface area (Å²) in [5, 5.41) is 2.53. The quantitative estimate of drug-likeness (QED) is 0.686. The van der Waals surface area contributed by atoms with Crippen molar-refractivity contribution in [1.29, 1.82) is 0 Å². The molecule has 3 rings (SSSR count). The molecule has 2 nitrogen and oxygen atoms in total. The van der Waals surface area contributed by atoms with Crippen molar-refractivity contribution >= 4 is 10.8 Å². The minimum atomic E-state index is 0. The predicted octanol–water partition coefficient (Wildman–Crippen LogP) is 2.29. The van der Waals surface area contributed by atoms with E-state index in [1.54, 1.807) is 0 Å². The van der Waals surface area contributed by atoms with E-state index >= 15 is 0 Å². The van der Waals surface area contributed by atoms with Gasteiger partial charge < -0.3 is 21.7 Å². The van der Waals surface area contributed by atoms with E-state index < -0.39 is 0 Å². The third-order valence-corrected chi connectivity index (χ3v) is 5.58. The van der Waals surface area contributed by atoms with Crippen LogP contribution in [0.1, 0.15) is 45.1 Å². The molecule has 132 valence electrons. The van der Waals surface area contributed by atoms with Gasteiger partial charge in [-0.2, -0.15) is 0 Å². The maximum absolute atomic E-state index is 6.70. The number of rotatable bonds is 6. The Morgan fingerprint density at radius 1 is 1.12 bits per heavy atom. The summed E-state index contributed by atoms with van der Waals surface area (Å²) >= 11 is 0. The molecule has 0 aliphatic carbocycles. The van der Waals surface area contributed by atoms with Gasteiger partial charge in [-0.1, -0.05) is 49.7 Å². The highest BCUT2D eigenvalue weighted by atomic mass is 79.9. The molecule has 2 aromatic rings. The van der Waals surface area contributed by atoms with E-state index in [9.17, 15) is 0 Å². The zero-order valence-electron chi connectivity index (χ0n) is 15.2. The van der Waals surface area contributed by atoms with Gasteiger partial charge in [0.2, 0.25) is 6.23 Å². The van der Waals surface area contributed by atoms with Gasteiger partial charge in [0.15, 0.2) is 0 Å². The van der Waals surface area contributed by atoms with Gasteiger partial charge in [0.1, 0.15) is 5.75 Å². The van der Waals surface area contributed by atoms with Gasteiger partial charge in [-0.05, 0) is 31.2 Å². The van der Waals surface area contributed by atoms with Gasteiger partial charge in [0.25, 0.3) is 0 Å². The number of hydrogen-bond acceptors (Lipinski definition) is 1. The van der Waals surface area contributed by atoms with Crippen LogP contribution < -0.4 is 21.7 Å². The van der Waals surface area contributed by atoms with Gasteiger partial charge in [-0.15, -0.1) is 0 Å². The fourth-order valence-corrected chi connectivity index (χ4v) is 4.06. The van der Waals surface area contributed by atoms with Crippen LogP contribution in [-0.2, 0) is 0 Å². The topological polar surface area (TPSA) is 9.23 Å². The van der Waals surface area contributed by atoms with E-state index in [1.165, 1.54) is 61.7 Å². The van der Waals surface area contributed by atoms with Crippen LogP contribution in [0, 0.1) is 6.92 Å². The Bertz CT molecular complexity index is 672. The fraction of sp³-hybridized carbons (Fsp3) is 0.524. The first-order valence-electron chi connectivity index (χ1n) is 9.21. The number of nitrogens with zero attached hydrogens (tertiary/aromatic N) is 1. The van der Waals surface area contributed by atoms with Crippen LogP contribution in [0.15, 0.2) is 36.4 Å². The van der Waals surface area contributed by atoms with Crippen molar-refractivity contribution in [3.05, 3.63) is 42.0 Å². The van der Waals surface area contributed by atoms with Crippen molar-refractivity contribution in [3.8, 4) is 5.75 Å². The maximum atomic E-state index is 6.70. The number of quaternary nitrogens is 1. The average Bonchev–Trinajstić information content (AvgIpc) is 2.98. The lowest BCUT2D eigenvalue weighted by atomic mass is 10.1.